The van der Waals surface area contributed by atoms with Crippen LogP contribution in [0.5, 0.6) is 5.75 Å². The number of nitrogens with zero attached hydrogens (tertiary/aromatic N) is 2. The number of pyridine rings is 1. The summed E-state index contributed by atoms with van der Waals surface area (Å²) < 4.78 is 65.1. The zero-order valence-electron chi connectivity index (χ0n) is 19.7. The van der Waals surface area contributed by atoms with E-state index in [4.69, 9.17) is 9.47 Å². The highest BCUT2D eigenvalue weighted by atomic mass is 19.4. The third-order valence-corrected chi connectivity index (χ3v) is 7.23. The van der Waals surface area contributed by atoms with E-state index in [-0.39, 0.29) is 12.5 Å². The summed E-state index contributed by atoms with van der Waals surface area (Å²) in [6, 6.07) is 3.55. The van der Waals surface area contributed by atoms with Gasteiger partial charge < -0.3 is 19.5 Å². The highest BCUT2D eigenvalue weighted by Crippen LogP contribution is 2.46. The number of piperidine rings is 1. The molecule has 1 N–H and O–H groups in total. The van der Waals surface area contributed by atoms with Gasteiger partial charge in [0.25, 0.3) is 0 Å². The molecule has 0 amide bonds. The topological polar surface area (TPSA) is 58.1 Å². The monoisotopic (exact) mass is 484 g/mol. The van der Waals surface area contributed by atoms with Crippen molar-refractivity contribution in [3.8, 4) is 5.75 Å². The van der Waals surface area contributed by atoms with Crippen molar-refractivity contribution in [1.82, 2.24) is 9.88 Å². The maximum absolute atomic E-state index is 14.8. The lowest BCUT2D eigenvalue weighted by Crippen LogP contribution is -2.46. The average Bonchev–Trinajstić information content (AvgIpc) is 3.52. The maximum Gasteiger partial charge on any atom is 0.395 e. The molecule has 4 atom stereocenters. The highest BCUT2D eigenvalue weighted by Gasteiger charge is 2.55. The van der Waals surface area contributed by atoms with Gasteiger partial charge in [-0.25, -0.2) is 4.39 Å². The van der Waals surface area contributed by atoms with Gasteiger partial charge in [-0.3, -0.25) is 4.98 Å². The number of likely N-dealkylation sites (tertiary alicyclic amines) is 1. The Morgan fingerprint density at radius 1 is 1.24 bits per heavy atom. The molecule has 3 heterocycles. The second-order valence-electron chi connectivity index (χ2n) is 10.5. The Bertz CT molecular complexity index is 923. The molecule has 4 unspecified atom stereocenters. The molecule has 1 aliphatic carbocycles. The molecule has 1 aromatic heterocycles. The van der Waals surface area contributed by atoms with Gasteiger partial charge in [-0.05, 0) is 69.5 Å². The highest BCUT2D eigenvalue weighted by molar-refractivity contribution is 5.74. The molecule has 2 aliphatic heterocycles. The summed E-state index contributed by atoms with van der Waals surface area (Å²) in [7, 11) is 0. The molecule has 1 aromatic rings. The number of hydrogen-bond donors (Lipinski definition) is 1. The number of epoxide rings is 1. The van der Waals surface area contributed by atoms with Crippen LogP contribution in [0.2, 0.25) is 0 Å². The van der Waals surface area contributed by atoms with Crippen LogP contribution in [-0.4, -0.2) is 66.0 Å². The molecule has 0 bridgehead atoms. The van der Waals surface area contributed by atoms with Crippen molar-refractivity contribution in [3.63, 3.8) is 0 Å². The summed E-state index contributed by atoms with van der Waals surface area (Å²) in [6.07, 6.45) is 1.20. The maximum atomic E-state index is 14.8. The van der Waals surface area contributed by atoms with Gasteiger partial charge in [0, 0.05) is 6.54 Å². The molecule has 2 fully saturated rings. The van der Waals surface area contributed by atoms with Crippen molar-refractivity contribution in [1.29, 1.82) is 0 Å². The van der Waals surface area contributed by atoms with Crippen LogP contribution in [0.15, 0.2) is 36.6 Å². The summed E-state index contributed by atoms with van der Waals surface area (Å²) in [4.78, 5) is 6.27. The fraction of sp³-hybridized carbons (Fsp3) is 0.640. The number of aliphatic hydroxyl groups is 1. The van der Waals surface area contributed by atoms with Crippen molar-refractivity contribution in [2.75, 3.05) is 26.2 Å². The van der Waals surface area contributed by atoms with E-state index < -0.39 is 35.6 Å². The summed E-state index contributed by atoms with van der Waals surface area (Å²) in [5.41, 5.74) is -1.35. The molecular formula is C25H32F4N2O3. The minimum atomic E-state index is -4.21. The Balaban J connectivity index is 1.25. The van der Waals surface area contributed by atoms with E-state index in [9.17, 15) is 22.7 Å². The number of allylic oxidation sites excluding steroid dienone is 3. The molecule has 3 aliphatic rings. The van der Waals surface area contributed by atoms with Crippen LogP contribution in [0, 0.1) is 16.7 Å². The lowest BCUT2D eigenvalue weighted by molar-refractivity contribution is -0.217. The molecule has 0 radical (unpaired) electrons. The van der Waals surface area contributed by atoms with E-state index in [2.05, 4.69) is 4.98 Å². The molecule has 0 spiro atoms. The Labute approximate surface area is 197 Å². The van der Waals surface area contributed by atoms with E-state index in [1.54, 1.807) is 37.4 Å². The molecule has 5 nitrogen and oxygen atoms in total. The molecule has 188 valence electrons. The van der Waals surface area contributed by atoms with Crippen LogP contribution in [0.4, 0.5) is 17.6 Å². The second kappa shape index (κ2) is 9.24. The Kier molecular flexibility index (Phi) is 6.83. The second-order valence-corrected chi connectivity index (χ2v) is 10.5. The molecular weight excluding hydrogens is 452 g/mol. The van der Waals surface area contributed by atoms with Crippen molar-refractivity contribution < 1.29 is 32.1 Å². The van der Waals surface area contributed by atoms with Gasteiger partial charge in [-0.2, -0.15) is 13.2 Å². The first-order valence-corrected chi connectivity index (χ1v) is 11.7. The predicted molar refractivity (Wildman–Crippen MR) is 120 cm³/mol. The first-order chi connectivity index (χ1) is 15.9. The van der Waals surface area contributed by atoms with Crippen LogP contribution < -0.4 is 4.74 Å². The van der Waals surface area contributed by atoms with Crippen LogP contribution in [0.3, 0.4) is 0 Å². The quantitative estimate of drug-likeness (QED) is 0.446. The first-order valence-electron chi connectivity index (χ1n) is 11.7. The van der Waals surface area contributed by atoms with Crippen molar-refractivity contribution in [2.24, 2.45) is 16.7 Å². The number of alkyl halides is 4. The van der Waals surface area contributed by atoms with E-state index in [1.807, 2.05) is 4.90 Å². The van der Waals surface area contributed by atoms with E-state index in [0.29, 0.717) is 36.7 Å². The first kappa shape index (κ1) is 25.1. The predicted octanol–water partition coefficient (Wildman–Crippen LogP) is 4.78. The van der Waals surface area contributed by atoms with Gasteiger partial charge in [-0.15, -0.1) is 0 Å². The summed E-state index contributed by atoms with van der Waals surface area (Å²) in [5.74, 6) is 0.875. The molecule has 4 rings (SSSR count). The number of aromatic nitrogens is 1. The Morgan fingerprint density at radius 3 is 2.44 bits per heavy atom. The van der Waals surface area contributed by atoms with Crippen molar-refractivity contribution in [3.05, 3.63) is 42.3 Å². The SMILES string of the molecule is CC1(C2OC2O)C=CC(c2ccc(OCC3CCN(CC(C)(C)C(F)(F)F)CC3)cn2)=CC1F. The summed E-state index contributed by atoms with van der Waals surface area (Å²) in [5, 5.41) is 9.49. The fourth-order valence-corrected chi connectivity index (χ4v) is 4.55. The van der Waals surface area contributed by atoms with Gasteiger partial charge in [0.2, 0.25) is 0 Å². The molecule has 9 heteroatoms. The molecule has 2 saturated heterocycles. The minimum Gasteiger partial charge on any atom is -0.492 e. The standard InChI is InChI=1S/C25H32F4N2O3/c1-23(2,25(27,28)29)15-31-10-7-16(8-11-31)14-33-18-4-5-19(30-13-18)17-6-9-24(3,20(26)12-17)21-22(32)34-21/h4-6,9,12-13,16,20-22,32H,7-8,10-11,14-15H2,1-3H3. The van der Waals surface area contributed by atoms with E-state index >= 15 is 0 Å². The smallest absolute Gasteiger partial charge is 0.395 e. The minimum absolute atomic E-state index is 0.00685. The van der Waals surface area contributed by atoms with Crippen molar-refractivity contribution >= 4 is 5.57 Å². The molecule has 0 aromatic carbocycles. The van der Waals surface area contributed by atoms with Crippen molar-refractivity contribution in [2.45, 2.75) is 58.4 Å². The van der Waals surface area contributed by atoms with Crippen LogP contribution >= 0.6 is 0 Å². The van der Waals surface area contributed by atoms with Crippen LogP contribution in [0.1, 0.15) is 39.3 Å². The lowest BCUT2D eigenvalue weighted by atomic mass is 9.77. The normalized spacial score (nSPS) is 30.8. The number of hydrogen-bond acceptors (Lipinski definition) is 5. The number of rotatable bonds is 7. The summed E-state index contributed by atoms with van der Waals surface area (Å²) in [6.45, 7) is 5.94. The number of aliphatic hydroxyl groups excluding tert-OH is 1. The van der Waals surface area contributed by atoms with Gasteiger partial charge in [0.05, 0.1) is 29.3 Å². The number of ether oxygens (including phenoxy) is 2. The fourth-order valence-electron chi connectivity index (χ4n) is 4.55. The van der Waals surface area contributed by atoms with Gasteiger partial charge in [0.1, 0.15) is 18.0 Å². The van der Waals surface area contributed by atoms with E-state index in [1.165, 1.54) is 19.9 Å². The molecule has 34 heavy (non-hydrogen) atoms. The van der Waals surface area contributed by atoms with E-state index in [0.717, 1.165) is 12.8 Å². The summed E-state index contributed by atoms with van der Waals surface area (Å²) >= 11 is 0. The van der Waals surface area contributed by atoms with Gasteiger partial charge >= 0.3 is 6.18 Å². The lowest BCUT2D eigenvalue weighted by Gasteiger charge is -2.38. The van der Waals surface area contributed by atoms with Crippen LogP contribution in [-0.2, 0) is 4.74 Å². The van der Waals surface area contributed by atoms with Gasteiger partial charge in [-0.1, -0.05) is 19.1 Å². The van der Waals surface area contributed by atoms with Gasteiger partial charge in [0.15, 0.2) is 6.29 Å². The zero-order valence-corrected chi connectivity index (χ0v) is 19.7. The largest absolute Gasteiger partial charge is 0.492 e. The third kappa shape index (κ3) is 5.31. The molecule has 0 saturated carbocycles. The number of halogens is 4. The Hall–Kier alpha value is -1.97. The third-order valence-electron chi connectivity index (χ3n) is 7.23. The van der Waals surface area contributed by atoms with Crippen LogP contribution in [0.25, 0.3) is 5.57 Å². The Morgan fingerprint density at radius 2 is 1.91 bits per heavy atom. The average molecular weight is 485 g/mol. The zero-order chi connectivity index (χ0) is 24.7.